The molecule has 1 aliphatic carbocycles. The van der Waals surface area contributed by atoms with Crippen LogP contribution in [-0.4, -0.2) is 42.4 Å². The van der Waals surface area contributed by atoms with Gasteiger partial charge in [-0.25, -0.2) is 4.79 Å². The molecule has 0 aromatic heterocycles. The molecule has 0 radical (unpaired) electrons. The van der Waals surface area contributed by atoms with Gasteiger partial charge in [0, 0.05) is 30.6 Å². The van der Waals surface area contributed by atoms with E-state index < -0.39 is 0 Å². The summed E-state index contributed by atoms with van der Waals surface area (Å²) < 4.78 is 5.32. The Morgan fingerprint density at radius 2 is 2.03 bits per heavy atom. The summed E-state index contributed by atoms with van der Waals surface area (Å²) in [6.45, 7) is 2.96. The maximum absolute atomic E-state index is 12.8. The number of methoxy groups -OCH3 is 1. The highest BCUT2D eigenvalue weighted by Gasteiger charge is 2.45. The molecule has 1 heterocycles. The van der Waals surface area contributed by atoms with Gasteiger partial charge in [0.25, 0.3) is 0 Å². The Bertz CT molecular complexity index is 751. The molecule has 3 atom stereocenters. The van der Waals surface area contributed by atoms with E-state index in [4.69, 9.17) is 4.74 Å². The van der Waals surface area contributed by atoms with E-state index >= 15 is 0 Å². The smallest absolute Gasteiger partial charge is 0.324 e. The van der Waals surface area contributed by atoms with E-state index in [0.29, 0.717) is 32.4 Å². The Morgan fingerprint density at radius 3 is 2.79 bits per heavy atom. The van der Waals surface area contributed by atoms with Crippen molar-refractivity contribution in [1.29, 1.82) is 0 Å². The number of nitrogens with one attached hydrogen (secondary N) is 2. The van der Waals surface area contributed by atoms with Crippen LogP contribution in [0.25, 0.3) is 0 Å². The zero-order valence-corrected chi connectivity index (χ0v) is 17.3. The quantitative estimate of drug-likeness (QED) is 0.656. The molecule has 7 heteroatoms. The van der Waals surface area contributed by atoms with Gasteiger partial charge in [-0.3, -0.25) is 14.5 Å². The van der Waals surface area contributed by atoms with Crippen molar-refractivity contribution in [1.82, 2.24) is 15.5 Å². The average Bonchev–Trinajstić information content (AvgIpc) is 2.74. The summed E-state index contributed by atoms with van der Waals surface area (Å²) in [7, 11) is 1.61. The minimum absolute atomic E-state index is 0.0403. The summed E-state index contributed by atoms with van der Waals surface area (Å²) in [5.41, 5.74) is 0.918. The van der Waals surface area contributed by atoms with Crippen molar-refractivity contribution in [3.8, 4) is 5.75 Å². The van der Waals surface area contributed by atoms with Crippen molar-refractivity contribution in [2.45, 2.75) is 58.0 Å². The highest BCUT2D eigenvalue weighted by atomic mass is 16.5. The Hall–Kier alpha value is -2.57. The largest absolute Gasteiger partial charge is 0.496 e. The van der Waals surface area contributed by atoms with Crippen LogP contribution in [0.1, 0.15) is 51.0 Å². The number of para-hydroxylation sites is 1. The van der Waals surface area contributed by atoms with E-state index in [9.17, 15) is 14.4 Å². The molecule has 1 saturated heterocycles. The molecular formula is C22H31N3O4. The Balaban J connectivity index is 1.55. The second-order valence-corrected chi connectivity index (χ2v) is 7.90. The predicted molar refractivity (Wildman–Crippen MR) is 109 cm³/mol. The molecule has 158 valence electrons. The Kier molecular flexibility index (Phi) is 7.12. The number of benzene rings is 1. The number of ether oxygens (including phenoxy) is 1. The van der Waals surface area contributed by atoms with Gasteiger partial charge in [0.2, 0.25) is 11.8 Å². The maximum atomic E-state index is 12.8. The van der Waals surface area contributed by atoms with E-state index in [0.717, 1.165) is 30.6 Å². The summed E-state index contributed by atoms with van der Waals surface area (Å²) in [6.07, 6.45) is 4.66. The monoisotopic (exact) mass is 401 g/mol. The van der Waals surface area contributed by atoms with Gasteiger partial charge in [0.1, 0.15) is 5.75 Å². The topological polar surface area (TPSA) is 87.7 Å². The number of carbonyl (C=O) groups excluding carboxylic acids is 3. The summed E-state index contributed by atoms with van der Waals surface area (Å²) >= 11 is 0. The summed E-state index contributed by atoms with van der Waals surface area (Å²) in [5.74, 6) is 0.201. The Morgan fingerprint density at radius 1 is 1.24 bits per heavy atom. The summed E-state index contributed by atoms with van der Waals surface area (Å²) in [5, 5.41) is 5.95. The zero-order chi connectivity index (χ0) is 20.8. The van der Waals surface area contributed by atoms with Gasteiger partial charge in [0.05, 0.1) is 13.0 Å². The lowest BCUT2D eigenvalue weighted by atomic mass is 9.76. The third kappa shape index (κ3) is 4.89. The van der Waals surface area contributed by atoms with Gasteiger partial charge in [-0.1, -0.05) is 38.0 Å². The highest BCUT2D eigenvalue weighted by Crippen LogP contribution is 2.33. The number of rotatable bonds is 8. The molecule has 1 aromatic rings. The van der Waals surface area contributed by atoms with Crippen molar-refractivity contribution < 1.29 is 19.1 Å². The molecule has 3 rings (SSSR count). The first-order chi connectivity index (χ1) is 14.0. The number of hydrogen-bond donors (Lipinski definition) is 2. The number of fused-ring (bicyclic) bond motifs is 1. The van der Waals surface area contributed by atoms with Gasteiger partial charge in [-0.05, 0) is 31.7 Å². The van der Waals surface area contributed by atoms with E-state index in [1.54, 1.807) is 7.11 Å². The normalized spacial score (nSPS) is 23.9. The zero-order valence-electron chi connectivity index (χ0n) is 17.3. The lowest BCUT2D eigenvalue weighted by Crippen LogP contribution is -2.62. The molecule has 2 N–H and O–H groups in total. The standard InChI is InChI=1S/C22H31N3O4/c1-3-4-7-12-25-21(27)17-11-10-15(13-18(17)24-22(25)28)20(26)23-14-16-8-5-6-9-19(16)29-2/h5-6,8-9,15,17-18H,3-4,7,10-14H2,1-2H3,(H,23,26)(H,24,28). The van der Waals surface area contributed by atoms with Crippen LogP contribution in [-0.2, 0) is 16.1 Å². The fraction of sp³-hybridized carbons (Fsp3) is 0.591. The van der Waals surface area contributed by atoms with Crippen LogP contribution >= 0.6 is 0 Å². The molecule has 0 bridgehead atoms. The number of carbonyl (C=O) groups is 3. The molecule has 1 aliphatic heterocycles. The lowest BCUT2D eigenvalue weighted by Gasteiger charge is -2.42. The summed E-state index contributed by atoms with van der Waals surface area (Å²) in [6, 6.07) is 7.01. The van der Waals surface area contributed by atoms with Crippen LogP contribution in [0.4, 0.5) is 4.79 Å². The molecule has 29 heavy (non-hydrogen) atoms. The SMILES string of the molecule is CCCCCN1C(=O)NC2CC(C(=O)NCc3ccccc3OC)CCC2C1=O. The second kappa shape index (κ2) is 9.76. The average molecular weight is 402 g/mol. The van der Waals surface area contributed by atoms with Crippen LogP contribution in [0.5, 0.6) is 5.75 Å². The molecule has 3 unspecified atom stereocenters. The number of nitrogens with zero attached hydrogens (tertiary/aromatic N) is 1. The van der Waals surface area contributed by atoms with Crippen molar-refractivity contribution >= 4 is 17.8 Å². The first-order valence-electron chi connectivity index (χ1n) is 10.6. The van der Waals surface area contributed by atoms with E-state index in [-0.39, 0.29) is 35.7 Å². The lowest BCUT2D eigenvalue weighted by molar-refractivity contribution is -0.139. The van der Waals surface area contributed by atoms with Gasteiger partial charge >= 0.3 is 6.03 Å². The van der Waals surface area contributed by atoms with Crippen molar-refractivity contribution in [3.05, 3.63) is 29.8 Å². The van der Waals surface area contributed by atoms with Gasteiger partial charge in [-0.2, -0.15) is 0 Å². The van der Waals surface area contributed by atoms with Crippen molar-refractivity contribution in [2.75, 3.05) is 13.7 Å². The second-order valence-electron chi connectivity index (χ2n) is 7.90. The first-order valence-corrected chi connectivity index (χ1v) is 10.6. The number of amides is 4. The highest BCUT2D eigenvalue weighted by molar-refractivity contribution is 5.99. The minimum atomic E-state index is -0.317. The summed E-state index contributed by atoms with van der Waals surface area (Å²) in [4.78, 5) is 39.2. The fourth-order valence-electron chi connectivity index (χ4n) is 4.31. The molecule has 7 nitrogen and oxygen atoms in total. The number of urea groups is 1. The van der Waals surface area contributed by atoms with Crippen molar-refractivity contribution in [2.24, 2.45) is 11.8 Å². The molecule has 1 saturated carbocycles. The first kappa shape index (κ1) is 21.1. The molecule has 0 spiro atoms. The molecular weight excluding hydrogens is 370 g/mol. The van der Waals surface area contributed by atoms with E-state index in [1.165, 1.54) is 4.90 Å². The van der Waals surface area contributed by atoms with Crippen LogP contribution in [0, 0.1) is 11.8 Å². The van der Waals surface area contributed by atoms with Crippen LogP contribution in [0.2, 0.25) is 0 Å². The van der Waals surface area contributed by atoms with Crippen molar-refractivity contribution in [3.63, 3.8) is 0 Å². The fourth-order valence-corrected chi connectivity index (χ4v) is 4.31. The Labute approximate surface area is 172 Å². The molecule has 4 amide bonds. The number of imide groups is 1. The van der Waals surface area contributed by atoms with Gasteiger partial charge in [0.15, 0.2) is 0 Å². The van der Waals surface area contributed by atoms with Crippen LogP contribution in [0.15, 0.2) is 24.3 Å². The molecule has 2 aliphatic rings. The maximum Gasteiger partial charge on any atom is 0.324 e. The third-order valence-corrected chi connectivity index (χ3v) is 5.99. The van der Waals surface area contributed by atoms with Crippen LogP contribution in [0.3, 0.4) is 0 Å². The molecule has 2 fully saturated rings. The molecule has 1 aromatic carbocycles. The van der Waals surface area contributed by atoms with Gasteiger partial charge < -0.3 is 15.4 Å². The number of hydrogen-bond acceptors (Lipinski definition) is 4. The minimum Gasteiger partial charge on any atom is -0.496 e. The predicted octanol–water partition coefficient (Wildman–Crippen LogP) is 2.84. The van der Waals surface area contributed by atoms with Gasteiger partial charge in [-0.15, -0.1) is 0 Å². The van der Waals surface area contributed by atoms with E-state index in [2.05, 4.69) is 17.6 Å². The third-order valence-electron chi connectivity index (χ3n) is 5.99. The van der Waals surface area contributed by atoms with E-state index in [1.807, 2.05) is 24.3 Å². The van der Waals surface area contributed by atoms with Crippen LogP contribution < -0.4 is 15.4 Å². The number of unbranched alkanes of at least 4 members (excludes halogenated alkanes) is 2.